The van der Waals surface area contributed by atoms with Gasteiger partial charge in [-0.05, 0) is 48.1 Å². The SMILES string of the molecule is Cl.NC1CCc2cc(OCC(=O)OCc3ccccc3)ccc2C1. The van der Waals surface area contributed by atoms with Gasteiger partial charge >= 0.3 is 5.97 Å². The number of nitrogens with two attached hydrogens (primary N) is 1. The van der Waals surface area contributed by atoms with Crippen molar-refractivity contribution in [3.05, 3.63) is 65.2 Å². The maximum atomic E-state index is 11.8. The van der Waals surface area contributed by atoms with Crippen molar-refractivity contribution in [2.45, 2.75) is 31.9 Å². The Bertz CT molecular complexity index is 676. The number of hydrogen-bond donors (Lipinski definition) is 1. The molecule has 2 aromatic carbocycles. The Morgan fingerprint density at radius 3 is 2.71 bits per heavy atom. The van der Waals surface area contributed by atoms with E-state index in [0.717, 1.165) is 24.8 Å². The molecule has 0 saturated heterocycles. The Kier molecular flexibility index (Phi) is 6.64. The number of ether oxygens (including phenoxy) is 2. The van der Waals surface area contributed by atoms with Gasteiger partial charge in [-0.3, -0.25) is 0 Å². The fourth-order valence-electron chi connectivity index (χ4n) is 2.77. The van der Waals surface area contributed by atoms with Gasteiger partial charge in [0, 0.05) is 6.04 Å². The van der Waals surface area contributed by atoms with Crippen LogP contribution in [0.1, 0.15) is 23.1 Å². The average Bonchev–Trinajstić information content (AvgIpc) is 2.59. The second-order valence-corrected chi connectivity index (χ2v) is 5.87. The predicted molar refractivity (Wildman–Crippen MR) is 95.4 cm³/mol. The quantitative estimate of drug-likeness (QED) is 0.844. The highest BCUT2D eigenvalue weighted by Crippen LogP contribution is 2.25. The van der Waals surface area contributed by atoms with Gasteiger partial charge in [0.25, 0.3) is 0 Å². The Hall–Kier alpha value is -2.04. The standard InChI is InChI=1S/C19H21NO3.ClH/c20-17-8-6-16-11-18(9-7-15(16)10-17)22-13-19(21)23-12-14-4-2-1-3-5-14;/h1-5,7,9,11,17H,6,8,10,12-13,20H2;1H. The molecule has 0 radical (unpaired) electrons. The van der Waals surface area contributed by atoms with Gasteiger partial charge in [0.1, 0.15) is 12.4 Å². The number of fused-ring (bicyclic) bond motifs is 1. The molecule has 1 atom stereocenters. The van der Waals surface area contributed by atoms with E-state index in [1.807, 2.05) is 48.5 Å². The average molecular weight is 348 g/mol. The molecular formula is C19H22ClNO3. The number of carbonyl (C=O) groups is 1. The summed E-state index contributed by atoms with van der Waals surface area (Å²) in [6.07, 6.45) is 2.87. The van der Waals surface area contributed by atoms with E-state index in [9.17, 15) is 4.79 Å². The minimum atomic E-state index is -0.367. The molecule has 1 unspecified atom stereocenters. The van der Waals surface area contributed by atoms with Crippen LogP contribution < -0.4 is 10.5 Å². The van der Waals surface area contributed by atoms with Gasteiger partial charge in [0.15, 0.2) is 6.61 Å². The number of rotatable bonds is 5. The maximum absolute atomic E-state index is 11.8. The molecule has 4 nitrogen and oxygen atoms in total. The zero-order valence-electron chi connectivity index (χ0n) is 13.4. The summed E-state index contributed by atoms with van der Waals surface area (Å²) in [5, 5.41) is 0. The fourth-order valence-corrected chi connectivity index (χ4v) is 2.77. The minimum Gasteiger partial charge on any atom is -0.482 e. The van der Waals surface area contributed by atoms with Crippen LogP contribution >= 0.6 is 12.4 Å². The van der Waals surface area contributed by atoms with Crippen molar-refractivity contribution >= 4 is 18.4 Å². The first-order chi connectivity index (χ1) is 11.2. The third-order valence-corrected chi connectivity index (χ3v) is 4.04. The molecule has 0 saturated carbocycles. The number of carbonyl (C=O) groups excluding carboxylic acids is 1. The van der Waals surface area contributed by atoms with Crippen molar-refractivity contribution < 1.29 is 14.3 Å². The van der Waals surface area contributed by atoms with E-state index in [0.29, 0.717) is 5.75 Å². The molecule has 3 rings (SSSR count). The number of aryl methyl sites for hydroxylation is 1. The molecule has 0 aromatic heterocycles. The first-order valence-corrected chi connectivity index (χ1v) is 7.90. The van der Waals surface area contributed by atoms with Crippen LogP contribution in [0.15, 0.2) is 48.5 Å². The van der Waals surface area contributed by atoms with E-state index in [1.165, 1.54) is 11.1 Å². The van der Waals surface area contributed by atoms with Crippen LogP contribution in [0.2, 0.25) is 0 Å². The van der Waals surface area contributed by atoms with Gasteiger partial charge in [0.05, 0.1) is 0 Å². The van der Waals surface area contributed by atoms with Crippen LogP contribution in [-0.2, 0) is 29.0 Å². The number of hydrogen-bond acceptors (Lipinski definition) is 4. The molecular weight excluding hydrogens is 326 g/mol. The van der Waals surface area contributed by atoms with E-state index in [4.69, 9.17) is 15.2 Å². The van der Waals surface area contributed by atoms with E-state index < -0.39 is 0 Å². The smallest absolute Gasteiger partial charge is 0.344 e. The molecule has 0 bridgehead atoms. The molecule has 128 valence electrons. The second-order valence-electron chi connectivity index (χ2n) is 5.87. The zero-order valence-corrected chi connectivity index (χ0v) is 14.3. The van der Waals surface area contributed by atoms with E-state index in [1.54, 1.807) is 0 Å². The molecule has 0 fully saturated rings. The molecule has 2 aromatic rings. The normalized spacial score (nSPS) is 15.8. The van der Waals surface area contributed by atoms with E-state index in [2.05, 4.69) is 0 Å². The summed E-state index contributed by atoms with van der Waals surface area (Å²) in [6.45, 7) is 0.191. The summed E-state index contributed by atoms with van der Waals surface area (Å²) >= 11 is 0. The summed E-state index contributed by atoms with van der Waals surface area (Å²) < 4.78 is 10.7. The highest BCUT2D eigenvalue weighted by Gasteiger charge is 2.16. The highest BCUT2D eigenvalue weighted by molar-refractivity contribution is 5.85. The molecule has 0 aliphatic heterocycles. The fraction of sp³-hybridized carbons (Fsp3) is 0.316. The van der Waals surface area contributed by atoms with Crippen molar-refractivity contribution in [1.82, 2.24) is 0 Å². The van der Waals surface area contributed by atoms with Gasteiger partial charge in [0.2, 0.25) is 0 Å². The monoisotopic (exact) mass is 347 g/mol. The lowest BCUT2D eigenvalue weighted by Gasteiger charge is -2.21. The first-order valence-electron chi connectivity index (χ1n) is 7.90. The third kappa shape index (κ3) is 4.98. The lowest BCUT2D eigenvalue weighted by Crippen LogP contribution is -2.27. The van der Waals surface area contributed by atoms with Crippen LogP contribution in [-0.4, -0.2) is 18.6 Å². The number of halogens is 1. The van der Waals surface area contributed by atoms with Gasteiger partial charge in [-0.25, -0.2) is 4.79 Å². The summed E-state index contributed by atoms with van der Waals surface area (Å²) in [5.41, 5.74) is 9.48. The van der Waals surface area contributed by atoms with E-state index in [-0.39, 0.29) is 37.6 Å². The van der Waals surface area contributed by atoms with Crippen LogP contribution in [0.25, 0.3) is 0 Å². The molecule has 0 amide bonds. The van der Waals surface area contributed by atoms with E-state index >= 15 is 0 Å². The summed E-state index contributed by atoms with van der Waals surface area (Å²) in [6, 6.07) is 15.8. The Morgan fingerprint density at radius 1 is 1.12 bits per heavy atom. The van der Waals surface area contributed by atoms with Gasteiger partial charge in [-0.2, -0.15) is 0 Å². The molecule has 2 N–H and O–H groups in total. The highest BCUT2D eigenvalue weighted by atomic mass is 35.5. The molecule has 24 heavy (non-hydrogen) atoms. The Morgan fingerprint density at radius 2 is 1.92 bits per heavy atom. The van der Waals surface area contributed by atoms with Crippen molar-refractivity contribution in [3.8, 4) is 5.75 Å². The van der Waals surface area contributed by atoms with Gasteiger partial charge < -0.3 is 15.2 Å². The van der Waals surface area contributed by atoms with Crippen LogP contribution in [0.3, 0.4) is 0 Å². The van der Waals surface area contributed by atoms with Crippen LogP contribution in [0, 0.1) is 0 Å². The summed E-state index contributed by atoms with van der Waals surface area (Å²) in [5.74, 6) is 0.337. The molecule has 1 aliphatic rings. The second kappa shape index (κ2) is 8.71. The Balaban J connectivity index is 0.00000208. The van der Waals surface area contributed by atoms with Crippen LogP contribution in [0.4, 0.5) is 0 Å². The zero-order chi connectivity index (χ0) is 16.1. The Labute approximate surface area is 148 Å². The maximum Gasteiger partial charge on any atom is 0.344 e. The topological polar surface area (TPSA) is 61.5 Å². The summed E-state index contributed by atoms with van der Waals surface area (Å²) in [7, 11) is 0. The van der Waals surface area contributed by atoms with Crippen LogP contribution in [0.5, 0.6) is 5.75 Å². The molecule has 0 heterocycles. The van der Waals surface area contributed by atoms with Gasteiger partial charge in [-0.1, -0.05) is 36.4 Å². The number of benzene rings is 2. The minimum absolute atomic E-state index is 0. The third-order valence-electron chi connectivity index (χ3n) is 4.04. The lowest BCUT2D eigenvalue weighted by atomic mass is 9.89. The first kappa shape index (κ1) is 18.3. The molecule has 5 heteroatoms. The molecule has 1 aliphatic carbocycles. The van der Waals surface area contributed by atoms with Crippen molar-refractivity contribution in [1.29, 1.82) is 0 Å². The van der Waals surface area contributed by atoms with Crippen molar-refractivity contribution in [3.63, 3.8) is 0 Å². The number of esters is 1. The predicted octanol–water partition coefficient (Wildman–Crippen LogP) is 3.05. The largest absolute Gasteiger partial charge is 0.482 e. The van der Waals surface area contributed by atoms with Gasteiger partial charge in [-0.15, -0.1) is 12.4 Å². The van der Waals surface area contributed by atoms with Crippen molar-refractivity contribution in [2.75, 3.05) is 6.61 Å². The molecule has 0 spiro atoms. The lowest BCUT2D eigenvalue weighted by molar-refractivity contribution is -0.147. The summed E-state index contributed by atoms with van der Waals surface area (Å²) in [4.78, 5) is 11.8. The van der Waals surface area contributed by atoms with Crippen molar-refractivity contribution in [2.24, 2.45) is 5.73 Å².